The Kier molecular flexibility index (Phi) is 25.7. The third-order valence-corrected chi connectivity index (χ3v) is 12.6. The highest BCUT2D eigenvalue weighted by atomic mass is 16.4. The monoisotopic (exact) mass is 1110 g/mol. The molecule has 2 aromatic carbocycles. The zero-order valence-corrected chi connectivity index (χ0v) is 44.2. The summed E-state index contributed by atoms with van der Waals surface area (Å²) in [6, 6.07) is -0.547. The number of aliphatic hydroxyl groups is 2. The largest absolute Gasteiger partial charge is 0.508 e. The Labute approximate surface area is 454 Å². The topological polar surface area (TPSA) is 471 Å². The number of benzene rings is 2. The second-order valence-corrected chi connectivity index (χ2v) is 19.7. The third-order valence-electron chi connectivity index (χ3n) is 12.6. The van der Waals surface area contributed by atoms with Crippen LogP contribution in [0.4, 0.5) is 0 Å². The average Bonchev–Trinajstić information content (AvgIpc) is 3.88. The first-order valence-corrected chi connectivity index (χ1v) is 25.5. The molecule has 79 heavy (non-hydrogen) atoms. The normalized spacial score (nSPS) is 16.9. The number of phenols is 1. The molecule has 0 unspecified atom stereocenters. The van der Waals surface area contributed by atoms with Gasteiger partial charge in [0, 0.05) is 32.2 Å². The van der Waals surface area contributed by atoms with Crippen molar-refractivity contribution in [1.29, 1.82) is 0 Å². The van der Waals surface area contributed by atoms with Crippen LogP contribution in [-0.4, -0.2) is 175 Å². The summed E-state index contributed by atoms with van der Waals surface area (Å²) in [6.07, 6.45) is -5.90. The van der Waals surface area contributed by atoms with E-state index < -0.39 is 150 Å². The molecular formula is C51H73N11O17. The van der Waals surface area contributed by atoms with Crippen molar-refractivity contribution in [2.24, 2.45) is 23.1 Å². The fourth-order valence-electron chi connectivity index (χ4n) is 8.36. The Hall–Kier alpha value is -8.24. The quantitative estimate of drug-likeness (QED) is 0.0330. The highest BCUT2D eigenvalue weighted by Gasteiger charge is 2.41. The number of nitrogens with zero attached hydrogens (tertiary/aromatic N) is 1. The third kappa shape index (κ3) is 21.6. The van der Waals surface area contributed by atoms with Crippen molar-refractivity contribution in [3.8, 4) is 5.75 Å². The summed E-state index contributed by atoms with van der Waals surface area (Å²) in [5.41, 5.74) is 17.2. The number of carboxylic acid groups (broad SMARTS) is 2. The standard InChI is InChI=1S/C51H73N11O17/c1-25(2)21-33(56-44(71)32(17-19-39(54)67)55-43(70)31(52)16-18-38(53)66)46(73)60-41(26(3)63)49(76)58-35(24-40(68)69)45(72)59-36(23-29-12-14-30(65)15-13-29)50(77)62-20-8-11-37(62)48(75)57-34(22-28-9-6-5-7-10-28)47(74)61-42(27(4)64)51(78)79/h5-7,9-10,12-15,25-27,31-37,41-42,63-65H,8,11,16-24,52H2,1-4H3,(H2,53,66)(H2,54,67)(H,55,70)(H,56,71)(H,57,75)(H,58,76)(H,59,72)(H,60,73)(H,61,74)(H,68,69)(H,78,79)/t26-,27-,31+,32+,33+,34+,35+,36+,37+,41+,42+/m1/s1. The summed E-state index contributed by atoms with van der Waals surface area (Å²) in [5.74, 6) is -13.4. The van der Waals surface area contributed by atoms with Crippen molar-refractivity contribution < 1.29 is 83.1 Å². The first-order chi connectivity index (χ1) is 37.1. The van der Waals surface area contributed by atoms with Crippen LogP contribution < -0.4 is 54.4 Å². The van der Waals surface area contributed by atoms with E-state index in [1.807, 2.05) is 0 Å². The number of hydrogen-bond donors (Lipinski definition) is 15. The predicted octanol–water partition coefficient (Wildman–Crippen LogP) is -4.21. The molecule has 434 valence electrons. The molecule has 0 aromatic heterocycles. The summed E-state index contributed by atoms with van der Waals surface area (Å²) in [6.45, 7) is 5.52. The number of phenolic OH excluding ortho intramolecular Hbond substituents is 1. The van der Waals surface area contributed by atoms with Gasteiger partial charge in [0.05, 0.1) is 24.7 Å². The van der Waals surface area contributed by atoms with Gasteiger partial charge in [-0.25, -0.2) is 4.79 Å². The molecular weight excluding hydrogens is 1040 g/mol. The Bertz CT molecular complexity index is 2500. The molecule has 10 amide bonds. The Morgan fingerprint density at radius 1 is 0.582 bits per heavy atom. The fraction of sp³-hybridized carbons (Fsp3) is 0.529. The van der Waals surface area contributed by atoms with Crippen molar-refractivity contribution in [3.05, 3.63) is 65.7 Å². The minimum absolute atomic E-state index is 0.0508. The number of aliphatic carboxylic acids is 2. The van der Waals surface area contributed by atoms with Gasteiger partial charge in [-0.05, 0) is 75.1 Å². The maximum Gasteiger partial charge on any atom is 0.328 e. The summed E-state index contributed by atoms with van der Waals surface area (Å²) in [7, 11) is 0. The molecule has 1 heterocycles. The number of likely N-dealkylation sites (tertiary alicyclic amines) is 1. The highest BCUT2D eigenvalue weighted by Crippen LogP contribution is 2.22. The zero-order valence-electron chi connectivity index (χ0n) is 44.2. The smallest absolute Gasteiger partial charge is 0.328 e. The number of nitrogens with one attached hydrogen (secondary N) is 7. The van der Waals surface area contributed by atoms with Gasteiger partial charge in [0.15, 0.2) is 6.04 Å². The molecule has 0 aliphatic carbocycles. The van der Waals surface area contributed by atoms with Crippen molar-refractivity contribution in [1.82, 2.24) is 42.1 Å². The van der Waals surface area contributed by atoms with Gasteiger partial charge in [0.1, 0.15) is 48.0 Å². The molecule has 28 heteroatoms. The Morgan fingerprint density at radius 2 is 1.08 bits per heavy atom. The molecule has 0 spiro atoms. The van der Waals surface area contributed by atoms with Crippen LogP contribution in [0.1, 0.15) is 90.2 Å². The number of rotatable bonds is 32. The van der Waals surface area contributed by atoms with Crippen LogP contribution >= 0.6 is 0 Å². The summed E-state index contributed by atoms with van der Waals surface area (Å²) < 4.78 is 0. The first-order valence-electron chi connectivity index (χ1n) is 25.5. The number of carbonyl (C=O) groups is 12. The maximum atomic E-state index is 14.6. The minimum Gasteiger partial charge on any atom is -0.508 e. The van der Waals surface area contributed by atoms with E-state index in [2.05, 4.69) is 37.2 Å². The molecule has 18 N–H and O–H groups in total. The van der Waals surface area contributed by atoms with E-state index in [0.29, 0.717) is 11.1 Å². The number of hydrogen-bond acceptors (Lipinski definition) is 16. The molecule has 1 aliphatic heterocycles. The van der Waals surface area contributed by atoms with E-state index in [-0.39, 0.29) is 69.6 Å². The zero-order chi connectivity index (χ0) is 59.3. The van der Waals surface area contributed by atoms with E-state index in [9.17, 15) is 83.1 Å². The highest BCUT2D eigenvalue weighted by molar-refractivity contribution is 5.99. The molecule has 1 aliphatic rings. The van der Waals surface area contributed by atoms with E-state index in [0.717, 1.165) is 18.7 Å². The number of aromatic hydroxyl groups is 1. The molecule has 0 saturated carbocycles. The lowest BCUT2D eigenvalue weighted by atomic mass is 10.0. The maximum absolute atomic E-state index is 14.6. The van der Waals surface area contributed by atoms with Gasteiger partial charge >= 0.3 is 11.9 Å². The molecule has 1 fully saturated rings. The summed E-state index contributed by atoms with van der Waals surface area (Å²) >= 11 is 0. The van der Waals surface area contributed by atoms with Crippen LogP contribution in [0.5, 0.6) is 5.75 Å². The predicted molar refractivity (Wildman–Crippen MR) is 278 cm³/mol. The lowest BCUT2D eigenvalue weighted by Gasteiger charge is -2.31. The van der Waals surface area contributed by atoms with Crippen molar-refractivity contribution >= 4 is 71.0 Å². The van der Waals surface area contributed by atoms with Crippen molar-refractivity contribution in [2.45, 2.75) is 158 Å². The van der Waals surface area contributed by atoms with Crippen LogP contribution in [0.3, 0.4) is 0 Å². The molecule has 0 bridgehead atoms. The molecule has 2 aromatic rings. The lowest BCUT2D eigenvalue weighted by Crippen LogP contribution is -2.62. The Balaban J connectivity index is 1.91. The van der Waals surface area contributed by atoms with Gasteiger partial charge in [-0.15, -0.1) is 0 Å². The van der Waals surface area contributed by atoms with Gasteiger partial charge in [0.25, 0.3) is 0 Å². The number of aliphatic hydroxyl groups excluding tert-OH is 2. The van der Waals surface area contributed by atoms with Gasteiger partial charge < -0.3 is 84.9 Å². The summed E-state index contributed by atoms with van der Waals surface area (Å²) in [5, 5.41) is 67.0. The van der Waals surface area contributed by atoms with Gasteiger partial charge in [-0.2, -0.15) is 0 Å². The number of carbonyl (C=O) groups excluding carboxylic acids is 10. The molecule has 11 atom stereocenters. The van der Waals surface area contributed by atoms with E-state index in [1.54, 1.807) is 44.2 Å². The molecule has 1 saturated heterocycles. The van der Waals surface area contributed by atoms with E-state index in [4.69, 9.17) is 17.2 Å². The van der Waals surface area contributed by atoms with E-state index >= 15 is 0 Å². The summed E-state index contributed by atoms with van der Waals surface area (Å²) in [4.78, 5) is 159. The minimum atomic E-state index is -2.01. The lowest BCUT2D eigenvalue weighted by molar-refractivity contribution is -0.146. The second kappa shape index (κ2) is 31.2. The fourth-order valence-corrected chi connectivity index (χ4v) is 8.36. The average molecular weight is 1110 g/mol. The van der Waals surface area contributed by atoms with Gasteiger partial charge in [0.2, 0.25) is 59.1 Å². The number of nitrogens with two attached hydrogens (primary N) is 3. The number of carboxylic acids is 2. The van der Waals surface area contributed by atoms with Crippen LogP contribution in [-0.2, 0) is 70.4 Å². The molecule has 3 rings (SSSR count). The van der Waals surface area contributed by atoms with E-state index in [1.165, 1.54) is 24.3 Å². The molecule has 28 nitrogen and oxygen atoms in total. The van der Waals surface area contributed by atoms with Crippen LogP contribution in [0, 0.1) is 5.92 Å². The van der Waals surface area contributed by atoms with Crippen molar-refractivity contribution in [2.75, 3.05) is 6.54 Å². The first kappa shape index (κ1) is 65.0. The SMILES string of the molecule is CC(C)C[C@H](NC(=O)[C@H](CCC(N)=O)NC(=O)[C@@H](N)CCC(N)=O)C(=O)N[C@H](C(=O)N[C@@H](CC(=O)O)C(=O)N[C@@H](Cc1ccc(O)cc1)C(=O)N1CCC[C@H]1C(=O)N[C@@H](Cc1ccccc1)C(=O)N[C@H](C(=O)O)[C@@H](C)O)[C@@H](C)O. The van der Waals surface area contributed by atoms with Gasteiger partial charge in [-0.1, -0.05) is 56.3 Å². The Morgan fingerprint density at radius 3 is 1.63 bits per heavy atom. The van der Waals surface area contributed by atoms with Crippen LogP contribution in [0.2, 0.25) is 0 Å². The number of amides is 10. The van der Waals surface area contributed by atoms with Crippen molar-refractivity contribution in [3.63, 3.8) is 0 Å². The van der Waals surface area contributed by atoms with Crippen LogP contribution in [0.25, 0.3) is 0 Å². The van der Waals surface area contributed by atoms with Crippen LogP contribution in [0.15, 0.2) is 54.6 Å². The second-order valence-electron chi connectivity index (χ2n) is 19.7. The molecule has 0 radical (unpaired) electrons. The number of primary amides is 2. The van der Waals surface area contributed by atoms with Gasteiger partial charge in [-0.3, -0.25) is 52.7 Å².